The van der Waals surface area contributed by atoms with E-state index in [-0.39, 0.29) is 29.3 Å². The van der Waals surface area contributed by atoms with Crippen molar-refractivity contribution >= 4 is 35.8 Å². The number of carbonyl (C=O) groups is 6. The van der Waals surface area contributed by atoms with Crippen LogP contribution in [-0.4, -0.2) is 93.5 Å². The van der Waals surface area contributed by atoms with Crippen molar-refractivity contribution in [2.24, 2.45) is 11.5 Å². The van der Waals surface area contributed by atoms with Gasteiger partial charge in [-0.3, -0.25) is 10.6 Å². The van der Waals surface area contributed by atoms with Crippen LogP contribution >= 0.6 is 0 Å². The van der Waals surface area contributed by atoms with Crippen LogP contribution in [0.2, 0.25) is 0 Å². The number of rotatable bonds is 18. The summed E-state index contributed by atoms with van der Waals surface area (Å²) in [5.41, 5.74) is 10.4. The van der Waals surface area contributed by atoms with Crippen LogP contribution in [0.1, 0.15) is 38.5 Å². The number of nitrogens with one attached hydrogen (secondary N) is 2. The van der Waals surface area contributed by atoms with Gasteiger partial charge in [-0.25, -0.2) is 19.2 Å². The minimum atomic E-state index is -1.96. The Morgan fingerprint density at radius 2 is 0.857 bits per heavy atom. The first kappa shape index (κ1) is 36.7. The number of hydrogen-bond acceptors (Lipinski definition) is 12. The van der Waals surface area contributed by atoms with Crippen LogP contribution in [0.4, 0.5) is 0 Å². The van der Waals surface area contributed by atoms with E-state index < -0.39 is 60.0 Å². The Morgan fingerprint density at radius 1 is 0.600 bits per heavy atom. The van der Waals surface area contributed by atoms with Crippen molar-refractivity contribution < 1.29 is 75.9 Å². The summed E-state index contributed by atoms with van der Waals surface area (Å²) in [6.45, 7) is 0.752. The van der Waals surface area contributed by atoms with E-state index in [1.165, 1.54) is 0 Å². The van der Waals surface area contributed by atoms with Crippen molar-refractivity contribution in [1.29, 1.82) is 0 Å². The molecular weight excluding hydrogens is 523 g/mol. The van der Waals surface area contributed by atoms with Gasteiger partial charge in [-0.1, -0.05) is 12.8 Å². The minimum absolute atomic E-state index is 0. The molecule has 0 fully saturated rings. The molecule has 0 saturated carbocycles. The molecule has 0 unspecified atom stereocenters. The van der Waals surface area contributed by atoms with E-state index in [1.807, 2.05) is 10.6 Å². The molecule has 2 atom stereocenters. The Labute approximate surface area is 210 Å². The molecule has 0 radical (unpaired) electrons. The van der Waals surface area contributed by atoms with Crippen LogP contribution in [0, 0.1) is 0 Å². The zero-order valence-corrected chi connectivity index (χ0v) is 19.5. The minimum Gasteiger partial charge on any atom is -0.548 e. The van der Waals surface area contributed by atoms with Gasteiger partial charge in [0.05, 0.1) is 11.9 Å². The monoisotopic (exact) mass is 552 g/mol. The summed E-state index contributed by atoms with van der Waals surface area (Å²) in [7, 11) is 0. The third-order valence-corrected chi connectivity index (χ3v) is 4.19. The van der Waals surface area contributed by atoms with Crippen molar-refractivity contribution in [3.05, 3.63) is 0 Å². The molecule has 17 heteroatoms. The number of carboxylic acids is 6. The topological polar surface area (TPSA) is 306 Å². The molecule has 0 aliphatic heterocycles. The van der Waals surface area contributed by atoms with E-state index in [2.05, 4.69) is 0 Å². The fourth-order valence-corrected chi connectivity index (χ4v) is 2.42. The smallest absolute Gasteiger partial charge is 0.548 e. The maximum Gasteiger partial charge on any atom is 2.00 e. The molecule has 10 N–H and O–H groups in total. The summed E-state index contributed by atoms with van der Waals surface area (Å²) in [4.78, 5) is 63.6. The van der Waals surface area contributed by atoms with Crippen molar-refractivity contribution in [2.75, 3.05) is 13.1 Å². The van der Waals surface area contributed by atoms with Gasteiger partial charge in [0.1, 0.15) is 0 Å². The summed E-state index contributed by atoms with van der Waals surface area (Å²) in [5, 5.41) is 59.7. The fraction of sp³-hybridized carbons (Fsp3) is 0.667. The Bertz CT molecular complexity index is 623. The molecule has 0 aromatic rings. The predicted octanol–water partition coefficient (Wildman–Crippen LogP) is -5.28. The molecule has 0 aliphatic carbocycles. The fourth-order valence-electron chi connectivity index (χ4n) is 2.42. The Balaban J connectivity index is -0.000000569. The first-order valence-corrected chi connectivity index (χ1v) is 10.0. The number of unbranched alkanes of at least 4 members (excludes halogenated alkanes) is 2. The Kier molecular flexibility index (Phi) is 21.5. The maximum absolute atomic E-state index is 10.7. The van der Waals surface area contributed by atoms with Gasteiger partial charge in [-0.05, 0) is 38.8 Å². The van der Waals surface area contributed by atoms with Gasteiger partial charge in [-0.15, -0.1) is 0 Å². The second-order valence-corrected chi connectivity index (χ2v) is 6.86. The van der Waals surface area contributed by atoms with Crippen LogP contribution in [0.25, 0.3) is 0 Å². The summed E-state index contributed by atoms with van der Waals surface area (Å²) < 4.78 is 0. The second kappa shape index (κ2) is 20.5. The average Bonchev–Trinajstić information content (AvgIpc) is 2.71. The summed E-state index contributed by atoms with van der Waals surface area (Å²) in [5.74, 6) is -9.67. The largest absolute Gasteiger partial charge is 2.00 e. The molecule has 0 aromatic heterocycles. The molecule has 0 spiro atoms. The number of carboxylic acid groups (broad SMARTS) is 6. The molecular formula is C18H30N4NiO12. The van der Waals surface area contributed by atoms with Gasteiger partial charge in [-0.2, -0.15) is 0 Å². The van der Waals surface area contributed by atoms with Crippen LogP contribution < -0.4 is 32.3 Å². The number of hydrogen-bond donors (Lipinski definition) is 8. The number of aliphatic carboxylic acids is 6. The Hall–Kier alpha value is -2.85. The second-order valence-electron chi connectivity index (χ2n) is 6.86. The third-order valence-electron chi connectivity index (χ3n) is 4.19. The molecule has 0 saturated heterocycles. The van der Waals surface area contributed by atoms with Gasteiger partial charge >= 0.3 is 40.4 Å². The van der Waals surface area contributed by atoms with Crippen LogP contribution in [0.5, 0.6) is 0 Å². The average molecular weight is 553 g/mol. The normalized spacial score (nSPS) is 12.0. The zero-order valence-electron chi connectivity index (χ0n) is 18.5. The molecule has 0 rings (SSSR count). The maximum atomic E-state index is 10.7. The van der Waals surface area contributed by atoms with Gasteiger partial charge in [0.15, 0.2) is 0 Å². The standard InChI is InChI=1S/2C9H16N2O6.Ni/c2*10-4-2-1-3-5(7(12)13)11-6(8(14)15)9(16)17;/h2*5-6,11H,1-4,10H2,(H,12,13)(H,14,15)(H,16,17);/q;;+2/p-2/t2*5-;/m00./s1. The van der Waals surface area contributed by atoms with Crippen molar-refractivity contribution in [3.8, 4) is 0 Å². The summed E-state index contributed by atoms with van der Waals surface area (Å²) in [6, 6.07) is -6.57. The molecule has 16 nitrogen and oxygen atoms in total. The predicted molar refractivity (Wildman–Crippen MR) is 108 cm³/mol. The van der Waals surface area contributed by atoms with Gasteiger partial charge in [0.25, 0.3) is 0 Å². The van der Waals surface area contributed by atoms with E-state index >= 15 is 0 Å². The quantitative estimate of drug-likeness (QED) is 0.0446. The van der Waals surface area contributed by atoms with Crippen molar-refractivity contribution in [1.82, 2.24) is 10.6 Å². The molecule has 0 heterocycles. The van der Waals surface area contributed by atoms with Crippen LogP contribution in [0.3, 0.4) is 0 Å². The van der Waals surface area contributed by atoms with E-state index in [0.717, 1.165) is 0 Å². The molecule has 0 bridgehead atoms. The van der Waals surface area contributed by atoms with E-state index in [1.54, 1.807) is 0 Å². The first-order valence-electron chi connectivity index (χ1n) is 10.0. The molecule has 0 aliphatic rings. The van der Waals surface area contributed by atoms with Gasteiger partial charge in [0.2, 0.25) is 12.1 Å². The Morgan fingerprint density at radius 3 is 1.03 bits per heavy atom. The third kappa shape index (κ3) is 17.3. The van der Waals surface area contributed by atoms with Crippen molar-refractivity contribution in [2.45, 2.75) is 62.7 Å². The summed E-state index contributed by atoms with van der Waals surface area (Å²) in [6.07, 6.45) is 2.14. The van der Waals surface area contributed by atoms with E-state index in [4.69, 9.17) is 31.9 Å². The molecule has 0 amide bonds. The summed E-state index contributed by atoms with van der Waals surface area (Å²) >= 11 is 0. The zero-order chi connectivity index (χ0) is 26.8. The number of carbonyl (C=O) groups excluding carboxylic acids is 2. The van der Waals surface area contributed by atoms with E-state index in [0.29, 0.717) is 38.8 Å². The van der Waals surface area contributed by atoms with Crippen LogP contribution in [0.15, 0.2) is 0 Å². The molecule has 35 heavy (non-hydrogen) atoms. The molecule has 204 valence electrons. The van der Waals surface area contributed by atoms with E-state index in [9.17, 15) is 39.0 Å². The molecule has 0 aromatic carbocycles. The van der Waals surface area contributed by atoms with Crippen LogP contribution in [-0.2, 0) is 45.3 Å². The first-order chi connectivity index (χ1) is 15.8. The van der Waals surface area contributed by atoms with Crippen molar-refractivity contribution in [3.63, 3.8) is 0 Å². The number of nitrogens with two attached hydrogens (primary N) is 2. The SMILES string of the molecule is NCCCC[C@H](NC(C(=O)O)C(=O)O)C(=O)[O-].NCCCC[C@H](NC(C(=O)O)C(=O)O)C(=O)[O-].[Ni+2]. The van der Waals surface area contributed by atoms with Gasteiger partial charge < -0.3 is 51.7 Å². The van der Waals surface area contributed by atoms with Gasteiger partial charge in [0, 0.05) is 12.1 Å².